The molecule has 2 heterocycles. The zero-order valence-electron chi connectivity index (χ0n) is 17.5. The van der Waals surface area contributed by atoms with Crippen LogP contribution in [0.3, 0.4) is 0 Å². The molecule has 0 amide bonds. The first kappa shape index (κ1) is 22.8. The minimum atomic E-state index is -4.63. The standard InChI is InChI=1S/C21H26F4N6/c1-26-20(29-14-16-4-5-17(22)11-18(16)21(23,24)25)28-13-15-3-6-19(27-12-15)31-9-7-30(2)8-10-31/h3-6,11-12H,7-10,13-14H2,1-2H3,(H2,26,28,29). The molecule has 0 saturated carbocycles. The van der Waals surface area contributed by atoms with Gasteiger partial charge in [0, 0.05) is 52.5 Å². The second kappa shape index (κ2) is 9.95. The van der Waals surface area contributed by atoms with E-state index in [9.17, 15) is 17.6 Å². The van der Waals surface area contributed by atoms with Gasteiger partial charge in [0.1, 0.15) is 11.6 Å². The largest absolute Gasteiger partial charge is 0.416 e. The maximum Gasteiger partial charge on any atom is 0.416 e. The highest BCUT2D eigenvalue weighted by Gasteiger charge is 2.33. The number of likely N-dealkylation sites (N-methyl/N-ethyl adjacent to an activating group) is 1. The van der Waals surface area contributed by atoms with E-state index in [-0.39, 0.29) is 12.1 Å². The zero-order chi connectivity index (χ0) is 22.4. The van der Waals surface area contributed by atoms with Crippen LogP contribution in [0, 0.1) is 5.82 Å². The Morgan fingerprint density at radius 1 is 1.06 bits per heavy atom. The number of rotatable bonds is 5. The molecule has 0 radical (unpaired) electrons. The maximum atomic E-state index is 13.2. The molecule has 3 rings (SSSR count). The van der Waals surface area contributed by atoms with E-state index in [1.165, 1.54) is 7.05 Å². The number of anilines is 1. The number of piperazine rings is 1. The number of nitrogens with one attached hydrogen (secondary N) is 2. The summed E-state index contributed by atoms with van der Waals surface area (Å²) >= 11 is 0. The highest BCUT2D eigenvalue weighted by atomic mass is 19.4. The number of aromatic nitrogens is 1. The molecule has 0 spiro atoms. The average Bonchev–Trinajstić information content (AvgIpc) is 2.75. The van der Waals surface area contributed by atoms with E-state index in [4.69, 9.17) is 0 Å². The third kappa shape index (κ3) is 6.30. The molecular weight excluding hydrogens is 412 g/mol. The number of guanidine groups is 1. The van der Waals surface area contributed by atoms with Gasteiger partial charge in [-0.3, -0.25) is 4.99 Å². The number of hydrogen-bond acceptors (Lipinski definition) is 4. The SMILES string of the molecule is CN=C(NCc1ccc(N2CCN(C)CC2)nc1)NCc1ccc(F)cc1C(F)(F)F. The molecule has 0 unspecified atom stereocenters. The van der Waals surface area contributed by atoms with Crippen molar-refractivity contribution in [3.63, 3.8) is 0 Å². The summed E-state index contributed by atoms with van der Waals surface area (Å²) in [6.07, 6.45) is -2.86. The first-order valence-corrected chi connectivity index (χ1v) is 9.95. The van der Waals surface area contributed by atoms with E-state index in [1.807, 2.05) is 12.1 Å². The van der Waals surface area contributed by atoms with Crippen LogP contribution >= 0.6 is 0 Å². The van der Waals surface area contributed by atoms with Crippen molar-refractivity contribution in [2.45, 2.75) is 19.3 Å². The summed E-state index contributed by atoms with van der Waals surface area (Å²) in [5.41, 5.74) is -0.146. The minimum absolute atomic E-state index is 0.0601. The lowest BCUT2D eigenvalue weighted by Crippen LogP contribution is -2.44. The Morgan fingerprint density at radius 3 is 2.39 bits per heavy atom. The van der Waals surface area contributed by atoms with Gasteiger partial charge < -0.3 is 20.4 Å². The summed E-state index contributed by atoms with van der Waals surface area (Å²) in [6.45, 7) is 4.12. The fourth-order valence-electron chi connectivity index (χ4n) is 3.30. The van der Waals surface area contributed by atoms with Crippen molar-refractivity contribution in [3.8, 4) is 0 Å². The van der Waals surface area contributed by atoms with Gasteiger partial charge in [0.05, 0.1) is 5.56 Å². The van der Waals surface area contributed by atoms with Crippen molar-refractivity contribution in [2.24, 2.45) is 4.99 Å². The van der Waals surface area contributed by atoms with Gasteiger partial charge in [-0.1, -0.05) is 12.1 Å². The number of alkyl halides is 3. The number of aliphatic imine (C=N–C) groups is 1. The quantitative estimate of drug-likeness (QED) is 0.427. The molecule has 6 nitrogen and oxygen atoms in total. The first-order valence-electron chi connectivity index (χ1n) is 9.95. The van der Waals surface area contributed by atoms with Gasteiger partial charge in [-0.25, -0.2) is 9.37 Å². The Kier molecular flexibility index (Phi) is 7.32. The van der Waals surface area contributed by atoms with Gasteiger partial charge >= 0.3 is 6.18 Å². The molecule has 1 aromatic heterocycles. The molecule has 168 valence electrons. The van der Waals surface area contributed by atoms with E-state index in [2.05, 4.69) is 37.5 Å². The molecule has 1 saturated heterocycles. The molecule has 1 fully saturated rings. The first-order chi connectivity index (χ1) is 14.8. The Balaban J connectivity index is 1.54. The van der Waals surface area contributed by atoms with Crippen LogP contribution in [0.15, 0.2) is 41.5 Å². The highest BCUT2D eigenvalue weighted by Crippen LogP contribution is 2.32. The van der Waals surface area contributed by atoms with Crippen LogP contribution in [0.1, 0.15) is 16.7 Å². The van der Waals surface area contributed by atoms with E-state index < -0.39 is 17.6 Å². The normalized spacial score (nSPS) is 15.8. The molecule has 0 atom stereocenters. The monoisotopic (exact) mass is 438 g/mol. The predicted octanol–water partition coefficient (Wildman–Crippen LogP) is 2.86. The average molecular weight is 438 g/mol. The second-order valence-electron chi connectivity index (χ2n) is 7.39. The van der Waals surface area contributed by atoms with E-state index >= 15 is 0 Å². The minimum Gasteiger partial charge on any atom is -0.354 e. The summed E-state index contributed by atoms with van der Waals surface area (Å²) in [6, 6.07) is 6.56. The van der Waals surface area contributed by atoms with Crippen LogP contribution in [-0.2, 0) is 19.3 Å². The molecule has 31 heavy (non-hydrogen) atoms. The van der Waals surface area contributed by atoms with Gasteiger partial charge in [0.15, 0.2) is 5.96 Å². The van der Waals surface area contributed by atoms with Gasteiger partial charge in [-0.05, 0) is 36.4 Å². The van der Waals surface area contributed by atoms with Gasteiger partial charge in [0.2, 0.25) is 0 Å². The maximum absolute atomic E-state index is 13.2. The molecule has 0 bridgehead atoms. The lowest BCUT2D eigenvalue weighted by Gasteiger charge is -2.33. The molecule has 10 heteroatoms. The third-order valence-electron chi connectivity index (χ3n) is 5.14. The lowest BCUT2D eigenvalue weighted by molar-refractivity contribution is -0.138. The molecule has 1 aromatic carbocycles. The zero-order valence-corrected chi connectivity index (χ0v) is 17.5. The summed E-state index contributed by atoms with van der Waals surface area (Å²) in [4.78, 5) is 13.1. The number of pyridine rings is 1. The fourth-order valence-corrected chi connectivity index (χ4v) is 3.30. The Morgan fingerprint density at radius 2 is 1.77 bits per heavy atom. The summed E-state index contributed by atoms with van der Waals surface area (Å²) < 4.78 is 52.7. The van der Waals surface area contributed by atoms with Crippen LogP contribution in [0.4, 0.5) is 23.4 Å². The lowest BCUT2D eigenvalue weighted by atomic mass is 10.1. The van der Waals surface area contributed by atoms with Crippen LogP contribution in [0.2, 0.25) is 0 Å². The van der Waals surface area contributed by atoms with Crippen molar-refractivity contribution in [1.82, 2.24) is 20.5 Å². The number of benzene rings is 1. The topological polar surface area (TPSA) is 55.8 Å². The molecule has 0 aliphatic carbocycles. The van der Waals surface area contributed by atoms with Crippen molar-refractivity contribution >= 4 is 11.8 Å². The molecule has 2 aromatic rings. The van der Waals surface area contributed by atoms with Gasteiger partial charge in [-0.2, -0.15) is 13.2 Å². The highest BCUT2D eigenvalue weighted by molar-refractivity contribution is 5.79. The third-order valence-corrected chi connectivity index (χ3v) is 5.14. The second-order valence-corrected chi connectivity index (χ2v) is 7.39. The molecule has 1 aliphatic heterocycles. The molecule has 1 aliphatic rings. The van der Waals surface area contributed by atoms with Crippen molar-refractivity contribution in [3.05, 3.63) is 59.0 Å². The Labute approximate surface area is 179 Å². The van der Waals surface area contributed by atoms with Crippen LogP contribution in [-0.4, -0.2) is 56.1 Å². The van der Waals surface area contributed by atoms with E-state index in [0.29, 0.717) is 18.6 Å². The Hall–Kier alpha value is -2.88. The van der Waals surface area contributed by atoms with E-state index in [1.54, 1.807) is 6.20 Å². The van der Waals surface area contributed by atoms with Crippen LogP contribution in [0.5, 0.6) is 0 Å². The van der Waals surface area contributed by atoms with E-state index in [0.717, 1.165) is 49.7 Å². The smallest absolute Gasteiger partial charge is 0.354 e. The van der Waals surface area contributed by atoms with Crippen molar-refractivity contribution in [1.29, 1.82) is 0 Å². The van der Waals surface area contributed by atoms with Crippen molar-refractivity contribution < 1.29 is 17.6 Å². The number of halogens is 4. The summed E-state index contributed by atoms with van der Waals surface area (Å²) in [5.74, 6) is 0.335. The van der Waals surface area contributed by atoms with Crippen molar-refractivity contribution in [2.75, 3.05) is 45.2 Å². The van der Waals surface area contributed by atoms with Gasteiger partial charge in [-0.15, -0.1) is 0 Å². The number of nitrogens with zero attached hydrogens (tertiary/aromatic N) is 4. The van der Waals surface area contributed by atoms with Crippen LogP contribution < -0.4 is 15.5 Å². The molecule has 2 N–H and O–H groups in total. The van der Waals surface area contributed by atoms with Gasteiger partial charge in [0.25, 0.3) is 0 Å². The summed E-state index contributed by atoms with van der Waals surface area (Å²) in [5, 5.41) is 5.89. The molecular formula is C21H26F4N6. The fraction of sp³-hybridized carbons (Fsp3) is 0.429. The number of hydrogen-bond donors (Lipinski definition) is 2. The Bertz CT molecular complexity index is 890. The predicted molar refractivity (Wildman–Crippen MR) is 112 cm³/mol. The summed E-state index contributed by atoms with van der Waals surface area (Å²) in [7, 11) is 3.62. The van der Waals surface area contributed by atoms with Crippen LogP contribution in [0.25, 0.3) is 0 Å².